The third kappa shape index (κ3) is 4.49. The molecule has 0 aliphatic heterocycles. The van der Waals surface area contributed by atoms with Crippen LogP contribution in [0.15, 0.2) is 16.7 Å². The minimum absolute atomic E-state index is 0.240. The minimum Gasteiger partial charge on any atom is -0.393 e. The number of hydrogen-bond donors (Lipinski definition) is 2. The summed E-state index contributed by atoms with van der Waals surface area (Å²) in [7, 11) is 0. The van der Waals surface area contributed by atoms with Crippen molar-refractivity contribution in [2.75, 3.05) is 11.9 Å². The number of pyridine rings is 1. The smallest absolute Gasteiger partial charge is 0.128 e. The van der Waals surface area contributed by atoms with Crippen molar-refractivity contribution in [2.24, 2.45) is 5.92 Å². The molecule has 0 saturated carbocycles. The molecule has 0 aromatic carbocycles. The monoisotopic (exact) mass is 286 g/mol. The van der Waals surface area contributed by atoms with Crippen LogP contribution in [0, 0.1) is 12.8 Å². The number of aliphatic hydroxyl groups is 1. The molecule has 0 aliphatic carbocycles. The van der Waals surface area contributed by atoms with Crippen LogP contribution in [0.25, 0.3) is 0 Å². The molecule has 4 heteroatoms. The van der Waals surface area contributed by atoms with Gasteiger partial charge >= 0.3 is 0 Å². The molecule has 0 spiro atoms. The summed E-state index contributed by atoms with van der Waals surface area (Å²) in [6.45, 7) is 6.80. The Hall–Kier alpha value is -0.610. The van der Waals surface area contributed by atoms with E-state index in [0.29, 0.717) is 5.92 Å². The van der Waals surface area contributed by atoms with Crippen molar-refractivity contribution in [2.45, 2.75) is 33.3 Å². The van der Waals surface area contributed by atoms with Gasteiger partial charge in [0.2, 0.25) is 0 Å². The first-order chi connectivity index (χ1) is 7.49. The van der Waals surface area contributed by atoms with Crippen LogP contribution in [-0.2, 0) is 0 Å². The normalized spacial score (nSPS) is 14.6. The summed E-state index contributed by atoms with van der Waals surface area (Å²) in [6.07, 6.45) is 2.35. The fourth-order valence-electron chi connectivity index (χ4n) is 1.66. The van der Waals surface area contributed by atoms with Gasteiger partial charge in [-0.3, -0.25) is 0 Å². The van der Waals surface area contributed by atoms with Crippen molar-refractivity contribution in [3.63, 3.8) is 0 Å². The molecule has 1 heterocycles. The average Bonchev–Trinajstić information content (AvgIpc) is 2.15. The molecule has 1 aromatic rings. The van der Waals surface area contributed by atoms with E-state index in [2.05, 4.69) is 33.2 Å². The van der Waals surface area contributed by atoms with Crippen LogP contribution in [0.2, 0.25) is 0 Å². The maximum Gasteiger partial charge on any atom is 0.128 e. The molecule has 90 valence electrons. The molecule has 2 atom stereocenters. The van der Waals surface area contributed by atoms with Gasteiger partial charge in [-0.1, -0.05) is 6.92 Å². The fourth-order valence-corrected chi connectivity index (χ4v) is 2.11. The Morgan fingerprint density at radius 2 is 2.19 bits per heavy atom. The van der Waals surface area contributed by atoms with Crippen molar-refractivity contribution in [1.29, 1.82) is 0 Å². The van der Waals surface area contributed by atoms with E-state index in [1.807, 2.05) is 19.9 Å². The summed E-state index contributed by atoms with van der Waals surface area (Å²) < 4.78 is 0.993. The van der Waals surface area contributed by atoms with E-state index < -0.39 is 0 Å². The second-order valence-corrected chi connectivity index (χ2v) is 5.31. The second kappa shape index (κ2) is 6.21. The van der Waals surface area contributed by atoms with Crippen LogP contribution in [0.1, 0.15) is 25.8 Å². The Balaban J connectivity index is 2.48. The Kier molecular flexibility index (Phi) is 5.22. The van der Waals surface area contributed by atoms with Gasteiger partial charge in [-0.15, -0.1) is 0 Å². The Morgan fingerprint density at radius 3 is 2.75 bits per heavy atom. The molecular weight excluding hydrogens is 268 g/mol. The molecule has 0 bridgehead atoms. The predicted molar refractivity (Wildman–Crippen MR) is 70.6 cm³/mol. The zero-order chi connectivity index (χ0) is 12.1. The van der Waals surface area contributed by atoms with Crippen LogP contribution < -0.4 is 5.32 Å². The third-order valence-electron chi connectivity index (χ3n) is 2.41. The van der Waals surface area contributed by atoms with Crippen molar-refractivity contribution in [3.05, 3.63) is 22.3 Å². The summed E-state index contributed by atoms with van der Waals surface area (Å²) in [6, 6.07) is 2.04. The number of aromatic nitrogens is 1. The first kappa shape index (κ1) is 13.5. The number of nitrogens with zero attached hydrogens (tertiary/aromatic N) is 1. The predicted octanol–water partition coefficient (Wildman–Crippen LogP) is 2.97. The van der Waals surface area contributed by atoms with Gasteiger partial charge in [-0.05, 0) is 53.7 Å². The van der Waals surface area contributed by atoms with Gasteiger partial charge < -0.3 is 10.4 Å². The molecule has 16 heavy (non-hydrogen) atoms. The molecule has 0 amide bonds. The first-order valence-electron chi connectivity index (χ1n) is 5.53. The van der Waals surface area contributed by atoms with E-state index in [9.17, 15) is 5.11 Å². The van der Waals surface area contributed by atoms with Gasteiger partial charge in [0.1, 0.15) is 5.82 Å². The zero-order valence-corrected chi connectivity index (χ0v) is 11.6. The molecule has 0 radical (unpaired) electrons. The molecule has 2 N–H and O–H groups in total. The van der Waals surface area contributed by atoms with Crippen LogP contribution in [0.3, 0.4) is 0 Å². The summed E-state index contributed by atoms with van der Waals surface area (Å²) in [5.74, 6) is 1.35. The van der Waals surface area contributed by atoms with Crippen molar-refractivity contribution < 1.29 is 5.11 Å². The fraction of sp³-hybridized carbons (Fsp3) is 0.583. The number of aliphatic hydroxyl groups excluding tert-OH is 1. The number of anilines is 1. The minimum atomic E-state index is -0.240. The highest BCUT2D eigenvalue weighted by Crippen LogP contribution is 2.17. The maximum atomic E-state index is 9.26. The van der Waals surface area contributed by atoms with Gasteiger partial charge in [0, 0.05) is 17.2 Å². The molecule has 0 saturated heterocycles. The quantitative estimate of drug-likeness (QED) is 0.875. The molecule has 0 fully saturated rings. The largest absolute Gasteiger partial charge is 0.393 e. The standard InChI is InChI=1S/C12H19BrN2O/c1-8(4-10(3)16)6-14-12-9(2)5-11(13)7-15-12/h5,7-8,10,16H,4,6H2,1-3H3,(H,14,15)/t8-,10-/m1/s1. The summed E-state index contributed by atoms with van der Waals surface area (Å²) in [5, 5.41) is 12.6. The van der Waals surface area contributed by atoms with Gasteiger partial charge in [0.25, 0.3) is 0 Å². The van der Waals surface area contributed by atoms with E-state index in [4.69, 9.17) is 0 Å². The Morgan fingerprint density at radius 1 is 1.50 bits per heavy atom. The van der Waals surface area contributed by atoms with E-state index in [1.54, 1.807) is 6.20 Å². The van der Waals surface area contributed by atoms with Crippen molar-refractivity contribution in [1.82, 2.24) is 4.98 Å². The zero-order valence-electron chi connectivity index (χ0n) is 10.00. The van der Waals surface area contributed by atoms with E-state index in [1.165, 1.54) is 0 Å². The highest BCUT2D eigenvalue weighted by Gasteiger charge is 2.07. The van der Waals surface area contributed by atoms with Gasteiger partial charge in [0.15, 0.2) is 0 Å². The number of hydrogen-bond acceptors (Lipinski definition) is 3. The summed E-state index contributed by atoms with van der Waals surface area (Å²) >= 11 is 3.39. The number of nitrogens with one attached hydrogen (secondary N) is 1. The molecular formula is C12H19BrN2O. The van der Waals surface area contributed by atoms with Crippen molar-refractivity contribution in [3.8, 4) is 0 Å². The van der Waals surface area contributed by atoms with Crippen LogP contribution in [-0.4, -0.2) is 22.7 Å². The van der Waals surface area contributed by atoms with Crippen LogP contribution in [0.5, 0.6) is 0 Å². The van der Waals surface area contributed by atoms with Crippen LogP contribution in [0.4, 0.5) is 5.82 Å². The summed E-state index contributed by atoms with van der Waals surface area (Å²) in [5.41, 5.74) is 1.12. The highest BCUT2D eigenvalue weighted by atomic mass is 79.9. The third-order valence-corrected chi connectivity index (χ3v) is 2.84. The first-order valence-corrected chi connectivity index (χ1v) is 6.32. The number of rotatable bonds is 5. The molecule has 1 aromatic heterocycles. The summed E-state index contributed by atoms with van der Waals surface area (Å²) in [4.78, 5) is 4.31. The lowest BCUT2D eigenvalue weighted by molar-refractivity contribution is 0.166. The molecule has 0 aliphatic rings. The Bertz CT molecular complexity index is 342. The van der Waals surface area contributed by atoms with E-state index >= 15 is 0 Å². The maximum absolute atomic E-state index is 9.26. The van der Waals surface area contributed by atoms with Crippen LogP contribution >= 0.6 is 15.9 Å². The highest BCUT2D eigenvalue weighted by molar-refractivity contribution is 9.10. The average molecular weight is 287 g/mol. The van der Waals surface area contributed by atoms with Crippen molar-refractivity contribution >= 4 is 21.7 Å². The SMILES string of the molecule is Cc1cc(Br)cnc1NC[C@H](C)C[C@@H](C)O. The number of aryl methyl sites for hydroxylation is 1. The van der Waals surface area contributed by atoms with E-state index in [0.717, 1.165) is 28.8 Å². The van der Waals surface area contributed by atoms with Gasteiger partial charge in [0.05, 0.1) is 6.10 Å². The lowest BCUT2D eigenvalue weighted by Gasteiger charge is -2.15. The molecule has 3 nitrogen and oxygen atoms in total. The Labute approximate surface area is 105 Å². The topological polar surface area (TPSA) is 45.2 Å². The lowest BCUT2D eigenvalue weighted by atomic mass is 10.0. The van der Waals surface area contributed by atoms with E-state index in [-0.39, 0.29) is 6.10 Å². The molecule has 1 rings (SSSR count). The number of halogens is 1. The molecule has 0 unspecified atom stereocenters. The van der Waals surface area contributed by atoms with Gasteiger partial charge in [-0.2, -0.15) is 0 Å². The lowest BCUT2D eigenvalue weighted by Crippen LogP contribution is -2.17. The second-order valence-electron chi connectivity index (χ2n) is 4.39. The van der Waals surface area contributed by atoms with Gasteiger partial charge in [-0.25, -0.2) is 4.98 Å².